The van der Waals surface area contributed by atoms with Crippen molar-refractivity contribution >= 4 is 17.4 Å². The number of ether oxygens (including phenoxy) is 4. The molecule has 0 saturated carbocycles. The maximum absolute atomic E-state index is 12.2. The van der Waals surface area contributed by atoms with E-state index in [1.165, 1.54) is 6.33 Å². The zero-order chi connectivity index (χ0) is 23.5. The minimum absolute atomic E-state index is 0.267. The lowest BCUT2D eigenvalue weighted by Crippen LogP contribution is -2.51. The zero-order valence-corrected chi connectivity index (χ0v) is 19.1. The summed E-state index contributed by atoms with van der Waals surface area (Å²) in [6.45, 7) is 8.82. The summed E-state index contributed by atoms with van der Waals surface area (Å²) < 4.78 is 24.8. The zero-order valence-electron chi connectivity index (χ0n) is 19.1. The number of nitrogens with one attached hydrogen (secondary N) is 1. The molecule has 0 aliphatic carbocycles. The second-order valence-electron chi connectivity index (χ2n) is 8.51. The fraction of sp³-hybridized carbons (Fsp3) is 0.667. The molecule has 0 radical (unpaired) electrons. The number of hydrogen-bond acceptors (Lipinski definition) is 9. The van der Waals surface area contributed by atoms with Gasteiger partial charge in [-0.3, -0.25) is 5.32 Å². The van der Waals surface area contributed by atoms with Crippen LogP contribution in [0.25, 0.3) is 5.52 Å². The molecule has 3 N–H and O–H groups in total. The number of amides is 1. The normalized spacial score (nSPS) is 22.9. The van der Waals surface area contributed by atoms with Crippen molar-refractivity contribution in [1.82, 2.24) is 14.6 Å². The fourth-order valence-corrected chi connectivity index (χ4v) is 3.84. The number of aliphatic hydroxyl groups excluding tert-OH is 2. The summed E-state index contributed by atoms with van der Waals surface area (Å²) in [5, 5.41) is 27.0. The molecule has 1 saturated heterocycles. The molecule has 0 aromatic carbocycles. The van der Waals surface area contributed by atoms with E-state index in [2.05, 4.69) is 15.4 Å². The molecule has 0 bridgehead atoms. The number of carbonyl (C=O) groups excluding carboxylic acids is 1. The fourth-order valence-electron chi connectivity index (χ4n) is 3.84. The molecule has 0 unspecified atom stereocenters. The average Bonchev–Trinajstić information content (AvgIpc) is 3.28. The van der Waals surface area contributed by atoms with Crippen LogP contribution in [0.1, 0.15) is 46.4 Å². The summed E-state index contributed by atoms with van der Waals surface area (Å²) in [5.41, 5.74) is -0.878. The number of carbonyl (C=O) groups is 1. The number of aliphatic hydroxyl groups is 2. The molecule has 32 heavy (non-hydrogen) atoms. The Balaban J connectivity index is 1.99. The summed E-state index contributed by atoms with van der Waals surface area (Å²) >= 11 is 0. The Hall–Kier alpha value is -2.31. The third-order valence-electron chi connectivity index (χ3n) is 5.11. The summed E-state index contributed by atoms with van der Waals surface area (Å²) in [5.74, 6) is 0.267. The van der Waals surface area contributed by atoms with E-state index >= 15 is 0 Å². The van der Waals surface area contributed by atoms with Gasteiger partial charge in [0.2, 0.25) is 0 Å². The van der Waals surface area contributed by atoms with Gasteiger partial charge in [0.1, 0.15) is 41.4 Å². The molecular formula is C21H32N4O7. The van der Waals surface area contributed by atoms with Crippen LogP contribution in [0.5, 0.6) is 0 Å². The van der Waals surface area contributed by atoms with Gasteiger partial charge >= 0.3 is 6.09 Å². The van der Waals surface area contributed by atoms with Crippen molar-refractivity contribution in [2.24, 2.45) is 0 Å². The van der Waals surface area contributed by atoms with Crippen molar-refractivity contribution in [1.29, 1.82) is 0 Å². The van der Waals surface area contributed by atoms with Crippen LogP contribution in [0, 0.1) is 0 Å². The smallest absolute Gasteiger partial charge is 0.413 e. The Morgan fingerprint density at radius 1 is 1.22 bits per heavy atom. The molecule has 1 aliphatic rings. The van der Waals surface area contributed by atoms with Crippen LogP contribution < -0.4 is 5.32 Å². The summed E-state index contributed by atoms with van der Waals surface area (Å²) in [4.78, 5) is 16.4. The first-order valence-electron chi connectivity index (χ1n) is 10.6. The second-order valence-corrected chi connectivity index (χ2v) is 8.51. The Morgan fingerprint density at radius 2 is 1.91 bits per heavy atom. The van der Waals surface area contributed by atoms with Gasteiger partial charge < -0.3 is 29.2 Å². The van der Waals surface area contributed by atoms with Crippen LogP contribution in [-0.4, -0.2) is 80.7 Å². The number of hydrogen-bond donors (Lipinski definition) is 3. The highest BCUT2D eigenvalue weighted by molar-refractivity contribution is 5.88. The largest absolute Gasteiger partial charge is 0.444 e. The summed E-state index contributed by atoms with van der Waals surface area (Å²) in [6, 6.07) is 3.51. The SMILES string of the molecule is CCO[C@H]1[C@H](c2ccc3c(NC(=O)OC(C)(C)C)ncnn23)OC(CO)(CO)[C@H]1OCC. The van der Waals surface area contributed by atoms with Gasteiger partial charge in [0.05, 0.1) is 18.9 Å². The van der Waals surface area contributed by atoms with E-state index in [1.807, 2.05) is 13.8 Å². The van der Waals surface area contributed by atoms with Gasteiger partial charge in [0, 0.05) is 13.2 Å². The molecule has 11 heteroatoms. The molecular weight excluding hydrogens is 420 g/mol. The third-order valence-corrected chi connectivity index (χ3v) is 5.11. The number of nitrogens with zero attached hydrogens (tertiary/aromatic N) is 3. The lowest BCUT2D eigenvalue weighted by atomic mass is 9.95. The number of rotatable bonds is 8. The quantitative estimate of drug-likeness (QED) is 0.546. The second kappa shape index (κ2) is 9.67. The highest BCUT2D eigenvalue weighted by Gasteiger charge is 2.57. The molecule has 3 rings (SSSR count). The molecule has 2 aromatic heterocycles. The molecule has 1 amide bonds. The number of aromatic nitrogens is 3. The first-order valence-corrected chi connectivity index (χ1v) is 10.6. The Labute approximate surface area is 186 Å². The standard InChI is InChI=1S/C21H32N4O7/c1-6-29-16-15(31-21(10-26,11-27)17(16)30-7-2)13-8-9-14-18(22-12-23-25(13)14)24-19(28)32-20(3,4)5/h8-9,12,15-17,26-27H,6-7,10-11H2,1-5H3,(H,22,23,24,28)/t15-,16-,17-/m0/s1. The Morgan fingerprint density at radius 3 is 2.50 bits per heavy atom. The summed E-state index contributed by atoms with van der Waals surface area (Å²) in [6.07, 6.45) is -1.33. The predicted octanol–water partition coefficient (Wildman–Crippen LogP) is 1.68. The van der Waals surface area contributed by atoms with Crippen LogP contribution in [-0.2, 0) is 18.9 Å². The van der Waals surface area contributed by atoms with Gasteiger partial charge in [-0.2, -0.15) is 5.10 Å². The van der Waals surface area contributed by atoms with Gasteiger partial charge in [-0.1, -0.05) is 0 Å². The number of anilines is 1. The lowest BCUT2D eigenvalue weighted by molar-refractivity contribution is -0.151. The van der Waals surface area contributed by atoms with Crippen LogP contribution >= 0.6 is 0 Å². The maximum Gasteiger partial charge on any atom is 0.413 e. The molecule has 0 spiro atoms. The van der Waals surface area contributed by atoms with Gasteiger partial charge in [0.15, 0.2) is 5.82 Å². The minimum atomic E-state index is -1.34. The lowest BCUT2D eigenvalue weighted by Gasteiger charge is -2.31. The Bertz CT molecular complexity index is 922. The molecule has 1 aliphatic heterocycles. The third kappa shape index (κ3) is 4.71. The van der Waals surface area contributed by atoms with Crippen molar-refractivity contribution in [3.05, 3.63) is 24.2 Å². The van der Waals surface area contributed by atoms with E-state index in [1.54, 1.807) is 37.4 Å². The van der Waals surface area contributed by atoms with Crippen molar-refractivity contribution in [2.75, 3.05) is 31.7 Å². The van der Waals surface area contributed by atoms with Crippen LogP contribution in [0.2, 0.25) is 0 Å². The molecule has 3 heterocycles. The van der Waals surface area contributed by atoms with E-state index in [0.29, 0.717) is 24.4 Å². The highest BCUT2D eigenvalue weighted by atomic mass is 16.6. The van der Waals surface area contributed by atoms with Gasteiger partial charge in [-0.05, 0) is 46.8 Å². The minimum Gasteiger partial charge on any atom is -0.444 e. The summed E-state index contributed by atoms with van der Waals surface area (Å²) in [7, 11) is 0. The molecule has 11 nitrogen and oxygen atoms in total. The van der Waals surface area contributed by atoms with E-state index in [9.17, 15) is 15.0 Å². The Kier molecular flexibility index (Phi) is 7.36. The van der Waals surface area contributed by atoms with E-state index in [4.69, 9.17) is 18.9 Å². The van der Waals surface area contributed by atoms with Gasteiger partial charge in [-0.25, -0.2) is 14.3 Å². The average molecular weight is 453 g/mol. The first kappa shape index (κ1) is 24.3. The number of fused-ring (bicyclic) bond motifs is 1. The molecule has 1 fully saturated rings. The van der Waals surface area contributed by atoms with Crippen LogP contribution in [0.15, 0.2) is 18.5 Å². The highest BCUT2D eigenvalue weighted by Crippen LogP contribution is 2.43. The molecule has 178 valence electrons. The van der Waals surface area contributed by atoms with Crippen LogP contribution in [0.3, 0.4) is 0 Å². The topological polar surface area (TPSA) is 137 Å². The predicted molar refractivity (Wildman–Crippen MR) is 114 cm³/mol. The van der Waals surface area contributed by atoms with E-state index in [0.717, 1.165) is 0 Å². The first-order chi connectivity index (χ1) is 15.2. The van der Waals surface area contributed by atoms with Gasteiger partial charge in [-0.15, -0.1) is 0 Å². The van der Waals surface area contributed by atoms with Crippen LogP contribution in [0.4, 0.5) is 10.6 Å². The van der Waals surface area contributed by atoms with Crippen molar-refractivity contribution < 1.29 is 34.0 Å². The van der Waals surface area contributed by atoms with E-state index < -0.39 is 48.8 Å². The maximum atomic E-state index is 12.2. The van der Waals surface area contributed by atoms with Crippen molar-refractivity contribution in [2.45, 2.75) is 64.1 Å². The van der Waals surface area contributed by atoms with Crippen molar-refractivity contribution in [3.63, 3.8) is 0 Å². The van der Waals surface area contributed by atoms with E-state index in [-0.39, 0.29) is 5.82 Å². The van der Waals surface area contributed by atoms with Gasteiger partial charge in [0.25, 0.3) is 0 Å². The molecule has 3 atom stereocenters. The molecule has 2 aromatic rings. The van der Waals surface area contributed by atoms with Crippen molar-refractivity contribution in [3.8, 4) is 0 Å². The monoisotopic (exact) mass is 452 g/mol.